The molecule has 1 aliphatic heterocycles. The van der Waals surface area contributed by atoms with Crippen molar-refractivity contribution in [3.8, 4) is 0 Å². The summed E-state index contributed by atoms with van der Waals surface area (Å²) in [5.41, 5.74) is 1.76. The van der Waals surface area contributed by atoms with E-state index in [9.17, 15) is 19.5 Å². The number of amides is 1. The highest BCUT2D eigenvalue weighted by molar-refractivity contribution is 5.94. The van der Waals surface area contributed by atoms with Gasteiger partial charge < -0.3 is 15.0 Å². The van der Waals surface area contributed by atoms with Gasteiger partial charge in [-0.2, -0.15) is 0 Å². The Hall–Kier alpha value is -2.11. The lowest BCUT2D eigenvalue weighted by atomic mass is 9.89. The molecule has 0 bridgehead atoms. The summed E-state index contributed by atoms with van der Waals surface area (Å²) in [6.45, 7) is 2.25. The Kier molecular flexibility index (Phi) is 4.24. The second-order valence-electron chi connectivity index (χ2n) is 6.55. The number of carbonyl (C=O) groups excluding carboxylic acids is 1. The van der Waals surface area contributed by atoms with E-state index < -0.39 is 17.9 Å². The Labute approximate surface area is 134 Å². The number of piperidine rings is 1. The fraction of sp³-hybridized carbons (Fsp3) is 0.588. The van der Waals surface area contributed by atoms with Crippen molar-refractivity contribution in [3.05, 3.63) is 33.2 Å². The topological polar surface area (TPSA) is 90.5 Å². The number of nitrogens with zero attached hydrogens (tertiary/aromatic N) is 1. The smallest absolute Gasteiger partial charge is 0.308 e. The molecular weight excluding hydrogens is 296 g/mol. The van der Waals surface area contributed by atoms with E-state index in [0.29, 0.717) is 19.4 Å². The van der Waals surface area contributed by atoms with Crippen LogP contribution >= 0.6 is 0 Å². The molecule has 1 saturated heterocycles. The molecule has 3 rings (SSSR count). The lowest BCUT2D eigenvalue weighted by Crippen LogP contribution is -2.50. The highest BCUT2D eigenvalue weighted by Crippen LogP contribution is 2.26. The van der Waals surface area contributed by atoms with Crippen LogP contribution < -0.4 is 5.56 Å². The van der Waals surface area contributed by atoms with Crippen LogP contribution in [0.1, 0.15) is 54.2 Å². The van der Waals surface area contributed by atoms with Crippen molar-refractivity contribution < 1.29 is 14.7 Å². The third-order valence-corrected chi connectivity index (χ3v) is 5.13. The van der Waals surface area contributed by atoms with Crippen LogP contribution in [0.15, 0.2) is 10.9 Å². The summed E-state index contributed by atoms with van der Waals surface area (Å²) in [7, 11) is 0. The number of aliphatic carboxylic acids is 1. The largest absolute Gasteiger partial charge is 0.481 e. The normalized spacial score (nSPS) is 24.1. The molecule has 6 heteroatoms. The summed E-state index contributed by atoms with van der Waals surface area (Å²) in [6, 6.07) is 1.32. The number of aromatic nitrogens is 1. The Balaban J connectivity index is 1.91. The molecule has 0 spiro atoms. The van der Waals surface area contributed by atoms with Gasteiger partial charge in [0.05, 0.1) is 5.92 Å². The minimum absolute atomic E-state index is 0.142. The molecule has 0 unspecified atom stereocenters. The van der Waals surface area contributed by atoms with Gasteiger partial charge in [0, 0.05) is 18.3 Å². The van der Waals surface area contributed by atoms with Crippen molar-refractivity contribution in [2.75, 3.05) is 6.54 Å². The summed E-state index contributed by atoms with van der Waals surface area (Å²) in [6.07, 6.45) is 5.06. The van der Waals surface area contributed by atoms with Crippen LogP contribution in [0.4, 0.5) is 0 Å². The van der Waals surface area contributed by atoms with Gasteiger partial charge in [-0.3, -0.25) is 14.4 Å². The van der Waals surface area contributed by atoms with Crippen molar-refractivity contribution in [2.45, 2.75) is 51.5 Å². The number of carboxylic acid groups (broad SMARTS) is 1. The van der Waals surface area contributed by atoms with E-state index in [0.717, 1.165) is 36.9 Å². The number of aryl methyl sites for hydroxylation is 2. The number of fused-ring (bicyclic) bond motifs is 1. The van der Waals surface area contributed by atoms with Gasteiger partial charge in [-0.15, -0.1) is 0 Å². The van der Waals surface area contributed by atoms with E-state index in [1.54, 1.807) is 17.9 Å². The lowest BCUT2D eigenvalue weighted by molar-refractivity contribution is -0.144. The minimum Gasteiger partial charge on any atom is -0.481 e. The second kappa shape index (κ2) is 6.18. The number of pyridine rings is 1. The van der Waals surface area contributed by atoms with Gasteiger partial charge in [-0.1, -0.05) is 0 Å². The highest BCUT2D eigenvalue weighted by Gasteiger charge is 2.36. The number of aromatic amines is 1. The molecule has 1 fully saturated rings. The van der Waals surface area contributed by atoms with Gasteiger partial charge in [0.25, 0.3) is 11.5 Å². The molecule has 23 heavy (non-hydrogen) atoms. The SMILES string of the molecule is C[C@@H]1[C@H](C(=O)O)CCCN1C(=O)c1cc2c([nH]c1=O)CCCC2. The number of H-pyrrole nitrogens is 1. The molecule has 2 N–H and O–H groups in total. The van der Waals surface area contributed by atoms with Crippen molar-refractivity contribution in [1.29, 1.82) is 0 Å². The van der Waals surface area contributed by atoms with Crippen molar-refractivity contribution in [3.63, 3.8) is 0 Å². The minimum atomic E-state index is -0.880. The van der Waals surface area contributed by atoms with E-state index in [2.05, 4.69) is 4.98 Å². The first kappa shape index (κ1) is 15.8. The molecule has 0 aromatic carbocycles. The number of likely N-dealkylation sites (tertiary alicyclic amines) is 1. The van der Waals surface area contributed by atoms with E-state index in [-0.39, 0.29) is 17.0 Å². The summed E-state index contributed by atoms with van der Waals surface area (Å²) in [5, 5.41) is 9.29. The van der Waals surface area contributed by atoms with E-state index >= 15 is 0 Å². The standard InChI is InChI=1S/C17H22N2O4/c1-10-12(17(22)23)6-4-8-19(10)16(21)13-9-11-5-2-3-7-14(11)18-15(13)20/h9-10,12H,2-8H2,1H3,(H,18,20)(H,22,23)/t10-,12-/m1/s1. The van der Waals surface area contributed by atoms with Crippen LogP contribution in [0, 0.1) is 5.92 Å². The monoisotopic (exact) mass is 318 g/mol. The predicted molar refractivity (Wildman–Crippen MR) is 84.6 cm³/mol. The molecule has 1 aromatic heterocycles. The third-order valence-electron chi connectivity index (χ3n) is 5.13. The molecule has 1 amide bonds. The van der Waals surface area contributed by atoms with Crippen LogP contribution in [0.5, 0.6) is 0 Å². The fourth-order valence-electron chi connectivity index (χ4n) is 3.75. The maximum Gasteiger partial charge on any atom is 0.308 e. The molecule has 2 heterocycles. The zero-order chi connectivity index (χ0) is 16.6. The molecule has 6 nitrogen and oxygen atoms in total. The number of hydrogen-bond donors (Lipinski definition) is 2. The maximum atomic E-state index is 12.8. The molecular formula is C17H22N2O4. The lowest BCUT2D eigenvalue weighted by Gasteiger charge is -2.37. The molecule has 2 aliphatic rings. The van der Waals surface area contributed by atoms with Crippen molar-refractivity contribution in [1.82, 2.24) is 9.88 Å². The van der Waals surface area contributed by atoms with Gasteiger partial charge in [0.2, 0.25) is 0 Å². The van der Waals surface area contributed by atoms with Crippen LogP contribution in [-0.4, -0.2) is 39.5 Å². The zero-order valence-corrected chi connectivity index (χ0v) is 13.3. The highest BCUT2D eigenvalue weighted by atomic mass is 16.4. The first-order valence-corrected chi connectivity index (χ1v) is 8.28. The molecule has 1 aliphatic carbocycles. The van der Waals surface area contributed by atoms with Crippen LogP contribution in [0.25, 0.3) is 0 Å². The molecule has 0 radical (unpaired) electrons. The summed E-state index contributed by atoms with van der Waals surface area (Å²) in [4.78, 5) is 40.8. The number of carboxylic acids is 1. The fourth-order valence-corrected chi connectivity index (χ4v) is 3.75. The average molecular weight is 318 g/mol. The van der Waals surface area contributed by atoms with Crippen molar-refractivity contribution in [2.24, 2.45) is 5.92 Å². The van der Waals surface area contributed by atoms with Gasteiger partial charge in [-0.25, -0.2) is 0 Å². The predicted octanol–water partition coefficient (Wildman–Crippen LogP) is 1.58. The Morgan fingerprint density at radius 2 is 2.00 bits per heavy atom. The zero-order valence-electron chi connectivity index (χ0n) is 13.3. The van der Waals surface area contributed by atoms with Gasteiger partial charge in [-0.05, 0) is 57.1 Å². The summed E-state index contributed by atoms with van der Waals surface area (Å²) >= 11 is 0. The average Bonchev–Trinajstić information content (AvgIpc) is 2.53. The maximum absolute atomic E-state index is 12.8. The first-order chi connectivity index (χ1) is 11.0. The molecule has 1 aromatic rings. The van der Waals surface area contributed by atoms with E-state index in [1.807, 2.05) is 0 Å². The van der Waals surface area contributed by atoms with Crippen LogP contribution in [0.3, 0.4) is 0 Å². The van der Waals surface area contributed by atoms with Crippen LogP contribution in [-0.2, 0) is 17.6 Å². The Morgan fingerprint density at radius 3 is 2.74 bits per heavy atom. The van der Waals surface area contributed by atoms with Crippen molar-refractivity contribution >= 4 is 11.9 Å². The number of nitrogens with one attached hydrogen (secondary N) is 1. The third kappa shape index (κ3) is 2.90. The molecule has 0 saturated carbocycles. The van der Waals surface area contributed by atoms with Gasteiger partial charge in [0.1, 0.15) is 5.56 Å². The molecule has 2 atom stereocenters. The van der Waals surface area contributed by atoms with E-state index in [1.165, 1.54) is 0 Å². The van der Waals surface area contributed by atoms with Gasteiger partial charge in [0.15, 0.2) is 0 Å². The summed E-state index contributed by atoms with van der Waals surface area (Å²) < 4.78 is 0. The second-order valence-corrected chi connectivity index (χ2v) is 6.55. The number of hydrogen-bond acceptors (Lipinski definition) is 3. The number of carbonyl (C=O) groups is 2. The van der Waals surface area contributed by atoms with Gasteiger partial charge >= 0.3 is 5.97 Å². The Morgan fingerprint density at radius 1 is 1.26 bits per heavy atom. The van der Waals surface area contributed by atoms with E-state index in [4.69, 9.17) is 0 Å². The Bertz CT molecular complexity index is 694. The summed E-state index contributed by atoms with van der Waals surface area (Å²) in [5.74, 6) is -1.79. The van der Waals surface area contributed by atoms with Crippen LogP contribution in [0.2, 0.25) is 0 Å². The quantitative estimate of drug-likeness (QED) is 0.866. The molecule has 124 valence electrons. The first-order valence-electron chi connectivity index (χ1n) is 8.28. The number of rotatable bonds is 2.